The van der Waals surface area contributed by atoms with Crippen molar-refractivity contribution in [3.8, 4) is 11.5 Å². The van der Waals surface area contributed by atoms with Crippen molar-refractivity contribution in [3.63, 3.8) is 0 Å². The fourth-order valence-electron chi connectivity index (χ4n) is 7.74. The van der Waals surface area contributed by atoms with Crippen LogP contribution in [0.2, 0.25) is 18.6 Å². The summed E-state index contributed by atoms with van der Waals surface area (Å²) < 4.78 is 18.1. The van der Waals surface area contributed by atoms with Gasteiger partial charge in [0, 0.05) is 35.0 Å². The third-order valence-electron chi connectivity index (χ3n) is 10.2. The van der Waals surface area contributed by atoms with Gasteiger partial charge in [0.25, 0.3) is 11.8 Å². The van der Waals surface area contributed by atoms with Gasteiger partial charge in [-0.25, -0.2) is 0 Å². The van der Waals surface area contributed by atoms with Crippen molar-refractivity contribution >= 4 is 42.1 Å². The van der Waals surface area contributed by atoms with Gasteiger partial charge in [0.1, 0.15) is 11.5 Å². The van der Waals surface area contributed by atoms with E-state index in [9.17, 15) is 14.7 Å². The monoisotopic (exact) mass is 665 g/mol. The standard InChI is InChI=1S/C38H43N3O6Si/c1-24-35(48(4,5)31-16-13-29(45-2)14-17-31)34(19-20-42)47-38(24)32-22-30(46-3)15-18-33(32)41(37(38)44)23-25-7-6-8-28(21-25)40-36(43)26-9-11-27(39)12-10-26/h6-18,21-22,24,34-35,42H,19-20,23,39H2,1-5H3,(H,40,43)/t24-,34+,35-,38+/m1/s1. The Morgan fingerprint density at radius 1 is 0.979 bits per heavy atom. The minimum Gasteiger partial charge on any atom is -0.497 e. The molecule has 1 fully saturated rings. The Bertz CT molecular complexity index is 1810. The van der Waals surface area contributed by atoms with Gasteiger partial charge in [-0.05, 0) is 84.3 Å². The van der Waals surface area contributed by atoms with Crippen LogP contribution in [0.15, 0.2) is 91.0 Å². The number of carbonyl (C=O) groups is 2. The molecule has 0 aliphatic carbocycles. The third kappa shape index (κ3) is 5.74. The number of hydrogen-bond donors (Lipinski definition) is 3. The van der Waals surface area contributed by atoms with Crippen LogP contribution in [-0.4, -0.2) is 51.9 Å². The van der Waals surface area contributed by atoms with Gasteiger partial charge in [-0.3, -0.25) is 9.59 Å². The first-order valence-electron chi connectivity index (χ1n) is 16.2. The van der Waals surface area contributed by atoms with Crippen molar-refractivity contribution in [3.05, 3.63) is 108 Å². The van der Waals surface area contributed by atoms with Crippen LogP contribution in [0, 0.1) is 5.92 Å². The Hall–Kier alpha value is -4.64. The van der Waals surface area contributed by atoms with Gasteiger partial charge in [0.15, 0.2) is 5.60 Å². The van der Waals surface area contributed by atoms with Crippen LogP contribution in [0.25, 0.3) is 0 Å². The minimum atomic E-state index is -2.30. The average molecular weight is 666 g/mol. The number of aliphatic hydroxyl groups is 1. The van der Waals surface area contributed by atoms with Gasteiger partial charge < -0.3 is 35.3 Å². The van der Waals surface area contributed by atoms with Gasteiger partial charge >= 0.3 is 0 Å². The normalized spacial score (nSPS) is 21.8. The van der Waals surface area contributed by atoms with Gasteiger partial charge in [0.2, 0.25) is 0 Å². The molecule has 1 spiro atoms. The molecule has 48 heavy (non-hydrogen) atoms. The molecule has 9 nitrogen and oxygen atoms in total. The number of benzene rings is 4. The van der Waals surface area contributed by atoms with E-state index in [1.165, 1.54) is 5.19 Å². The molecular weight excluding hydrogens is 623 g/mol. The number of fused-ring (bicyclic) bond motifs is 2. The van der Waals surface area contributed by atoms with Crippen LogP contribution in [0.4, 0.5) is 17.1 Å². The number of amides is 2. The molecule has 2 heterocycles. The molecule has 0 aromatic heterocycles. The zero-order chi connectivity index (χ0) is 34.2. The molecule has 4 aromatic rings. The van der Waals surface area contributed by atoms with E-state index in [1.54, 1.807) is 43.4 Å². The highest BCUT2D eigenvalue weighted by Crippen LogP contribution is 2.60. The molecule has 2 aliphatic heterocycles. The zero-order valence-electron chi connectivity index (χ0n) is 28.0. The molecule has 0 radical (unpaired) electrons. The van der Waals surface area contributed by atoms with Crippen molar-refractivity contribution in [1.82, 2.24) is 0 Å². The number of aliphatic hydroxyl groups excluding tert-OH is 1. The maximum Gasteiger partial charge on any atom is 0.264 e. The number of hydrogen-bond acceptors (Lipinski definition) is 7. The summed E-state index contributed by atoms with van der Waals surface area (Å²) in [5.41, 5.74) is 8.63. The van der Waals surface area contributed by atoms with Crippen LogP contribution in [0.3, 0.4) is 0 Å². The van der Waals surface area contributed by atoms with Crippen molar-refractivity contribution in [2.45, 2.75) is 50.2 Å². The first-order chi connectivity index (χ1) is 23.0. The first-order valence-corrected chi connectivity index (χ1v) is 19.3. The van der Waals surface area contributed by atoms with E-state index in [2.05, 4.69) is 37.5 Å². The highest BCUT2D eigenvalue weighted by molar-refractivity contribution is 6.91. The summed E-state index contributed by atoms with van der Waals surface area (Å²) in [6, 6.07) is 28.2. The van der Waals surface area contributed by atoms with E-state index in [4.69, 9.17) is 19.9 Å². The molecule has 250 valence electrons. The van der Waals surface area contributed by atoms with Crippen LogP contribution in [0.5, 0.6) is 11.5 Å². The summed E-state index contributed by atoms with van der Waals surface area (Å²) in [6.07, 6.45) is 0.0923. The third-order valence-corrected chi connectivity index (χ3v) is 14.5. The van der Waals surface area contributed by atoms with Gasteiger partial charge in [-0.1, -0.05) is 49.5 Å². The Morgan fingerprint density at radius 2 is 1.67 bits per heavy atom. The number of nitrogens with one attached hydrogen (secondary N) is 1. The van der Waals surface area contributed by atoms with E-state index >= 15 is 0 Å². The van der Waals surface area contributed by atoms with E-state index in [-0.39, 0.29) is 42.5 Å². The molecule has 0 bridgehead atoms. The number of methoxy groups -OCH3 is 2. The lowest BCUT2D eigenvalue weighted by Crippen LogP contribution is -2.51. The summed E-state index contributed by atoms with van der Waals surface area (Å²) in [7, 11) is 0.966. The summed E-state index contributed by atoms with van der Waals surface area (Å²) in [4.78, 5) is 29.6. The second-order valence-corrected chi connectivity index (χ2v) is 17.9. The second kappa shape index (κ2) is 13.1. The Kier molecular flexibility index (Phi) is 9.08. The number of rotatable bonds is 10. The maximum absolute atomic E-state index is 14.9. The SMILES string of the molecule is COc1ccc([Si](C)(C)[C@H]2[C@H](CCO)O[C@@]3(C(=O)N(Cc4cccc(NC(=O)c5ccc(N)cc5)c4)c4ccc(OC)cc43)[C@@H]2C)cc1. The molecule has 0 saturated carbocycles. The first kappa shape index (κ1) is 33.3. The van der Waals surface area contributed by atoms with Gasteiger partial charge in [-0.15, -0.1) is 0 Å². The zero-order valence-corrected chi connectivity index (χ0v) is 29.0. The lowest BCUT2D eigenvalue weighted by Gasteiger charge is -2.37. The summed E-state index contributed by atoms with van der Waals surface area (Å²) >= 11 is 0. The fraction of sp³-hybridized carbons (Fsp3) is 0.316. The second-order valence-electron chi connectivity index (χ2n) is 13.2. The molecule has 1 saturated heterocycles. The molecule has 2 amide bonds. The number of ether oxygens (including phenoxy) is 3. The van der Waals surface area contributed by atoms with Gasteiger partial charge in [-0.2, -0.15) is 0 Å². The minimum absolute atomic E-state index is 0.0212. The van der Waals surface area contributed by atoms with Crippen LogP contribution in [-0.2, 0) is 21.7 Å². The quantitative estimate of drug-likeness (QED) is 0.147. The number of anilines is 3. The predicted octanol–water partition coefficient (Wildman–Crippen LogP) is 5.68. The highest BCUT2D eigenvalue weighted by atomic mass is 28.3. The smallest absolute Gasteiger partial charge is 0.264 e. The molecule has 6 rings (SSSR count). The molecule has 4 N–H and O–H groups in total. The maximum atomic E-state index is 14.9. The molecule has 4 aromatic carbocycles. The van der Waals surface area contributed by atoms with Crippen molar-refractivity contribution in [2.24, 2.45) is 5.92 Å². The largest absolute Gasteiger partial charge is 0.497 e. The highest BCUT2D eigenvalue weighted by Gasteiger charge is 2.66. The lowest BCUT2D eigenvalue weighted by atomic mass is 9.82. The molecular formula is C38H43N3O6Si. The van der Waals surface area contributed by atoms with Crippen molar-refractivity contribution < 1.29 is 28.9 Å². The molecule has 2 aliphatic rings. The van der Waals surface area contributed by atoms with Crippen LogP contribution >= 0.6 is 0 Å². The van der Waals surface area contributed by atoms with Crippen LogP contribution in [0.1, 0.15) is 34.8 Å². The van der Waals surface area contributed by atoms with Crippen molar-refractivity contribution in [2.75, 3.05) is 36.8 Å². The topological polar surface area (TPSA) is 123 Å². The number of carbonyl (C=O) groups excluding carboxylic acids is 2. The van der Waals surface area contributed by atoms with Crippen LogP contribution < -0.4 is 30.6 Å². The summed E-state index contributed by atoms with van der Waals surface area (Å²) in [6.45, 7) is 6.98. The number of nitrogen functional groups attached to an aromatic ring is 1. The predicted molar refractivity (Wildman–Crippen MR) is 191 cm³/mol. The van der Waals surface area contributed by atoms with E-state index < -0.39 is 13.7 Å². The van der Waals surface area contributed by atoms with E-state index in [0.29, 0.717) is 29.1 Å². The molecule has 10 heteroatoms. The Balaban J connectivity index is 1.35. The Labute approximate surface area is 282 Å². The lowest BCUT2D eigenvalue weighted by molar-refractivity contribution is -0.146. The fourth-order valence-corrected chi connectivity index (χ4v) is 11.8. The molecule has 4 atom stereocenters. The van der Waals surface area contributed by atoms with E-state index in [0.717, 1.165) is 22.6 Å². The van der Waals surface area contributed by atoms with Crippen molar-refractivity contribution in [1.29, 1.82) is 0 Å². The average Bonchev–Trinajstić information content (AvgIpc) is 3.51. The van der Waals surface area contributed by atoms with Gasteiger partial charge in [0.05, 0.1) is 40.6 Å². The summed E-state index contributed by atoms with van der Waals surface area (Å²) in [5.74, 6) is 0.837. The summed E-state index contributed by atoms with van der Waals surface area (Å²) in [5, 5.41) is 14.4. The molecule has 0 unspecified atom stereocenters. The number of nitrogens with two attached hydrogens (primary N) is 1. The van der Waals surface area contributed by atoms with E-state index in [1.807, 2.05) is 54.6 Å². The number of nitrogens with zero attached hydrogens (tertiary/aromatic N) is 1. The Morgan fingerprint density at radius 3 is 2.33 bits per heavy atom.